The van der Waals surface area contributed by atoms with Gasteiger partial charge in [0.15, 0.2) is 0 Å². The predicted molar refractivity (Wildman–Crippen MR) is 76.3 cm³/mol. The highest BCUT2D eigenvalue weighted by Crippen LogP contribution is 2.30. The summed E-state index contributed by atoms with van der Waals surface area (Å²) in [7, 11) is 5.99. The number of nitrogen functional groups attached to an aromatic ring is 1. The monoisotopic (exact) mass is 249 g/mol. The molecule has 1 aromatic rings. The Bertz CT molecular complexity index is 398. The van der Waals surface area contributed by atoms with Crippen molar-refractivity contribution in [2.45, 2.75) is 18.9 Å². The lowest BCUT2D eigenvalue weighted by atomic mass is 10.0. The van der Waals surface area contributed by atoms with Crippen molar-refractivity contribution in [3.8, 4) is 5.75 Å². The van der Waals surface area contributed by atoms with E-state index in [0.29, 0.717) is 6.04 Å². The molecule has 18 heavy (non-hydrogen) atoms. The summed E-state index contributed by atoms with van der Waals surface area (Å²) >= 11 is 0. The molecule has 0 saturated carbocycles. The van der Waals surface area contributed by atoms with E-state index in [0.717, 1.165) is 30.2 Å². The van der Waals surface area contributed by atoms with E-state index >= 15 is 0 Å². The van der Waals surface area contributed by atoms with Gasteiger partial charge in [0.1, 0.15) is 5.75 Å². The van der Waals surface area contributed by atoms with Crippen molar-refractivity contribution in [1.82, 2.24) is 4.90 Å². The highest BCUT2D eigenvalue weighted by Gasteiger charge is 2.22. The molecule has 0 bridgehead atoms. The van der Waals surface area contributed by atoms with E-state index in [9.17, 15) is 0 Å². The molecule has 0 amide bonds. The van der Waals surface area contributed by atoms with Gasteiger partial charge in [-0.15, -0.1) is 0 Å². The third-order valence-corrected chi connectivity index (χ3v) is 3.77. The first-order valence-corrected chi connectivity index (χ1v) is 6.46. The number of nitrogens with two attached hydrogens (primary N) is 1. The number of hydrogen-bond donors (Lipinski definition) is 1. The van der Waals surface area contributed by atoms with E-state index in [1.165, 1.54) is 12.8 Å². The van der Waals surface area contributed by atoms with Gasteiger partial charge in [-0.1, -0.05) is 0 Å². The Morgan fingerprint density at radius 1 is 1.28 bits per heavy atom. The third kappa shape index (κ3) is 2.70. The highest BCUT2D eigenvalue weighted by molar-refractivity contribution is 5.69. The molecule has 4 heteroatoms. The van der Waals surface area contributed by atoms with Crippen molar-refractivity contribution < 1.29 is 4.74 Å². The average Bonchev–Trinajstić information content (AvgIpc) is 2.39. The fraction of sp³-hybridized carbons (Fsp3) is 0.571. The maximum atomic E-state index is 6.06. The SMILES string of the molecule is COc1ccc(N)c(N2CCC(N(C)C)CC2)c1. The van der Waals surface area contributed by atoms with Gasteiger partial charge in [0.2, 0.25) is 0 Å². The van der Waals surface area contributed by atoms with Crippen molar-refractivity contribution in [3.63, 3.8) is 0 Å². The molecule has 1 saturated heterocycles. The Balaban J connectivity index is 2.09. The standard InChI is InChI=1S/C14H23N3O/c1-16(2)11-6-8-17(9-7-11)14-10-12(18-3)4-5-13(14)15/h4-5,10-11H,6-9,15H2,1-3H3. The Morgan fingerprint density at radius 2 is 1.94 bits per heavy atom. The van der Waals surface area contributed by atoms with Crippen molar-refractivity contribution in [3.05, 3.63) is 18.2 Å². The van der Waals surface area contributed by atoms with Crippen LogP contribution in [-0.2, 0) is 0 Å². The zero-order valence-electron chi connectivity index (χ0n) is 11.5. The lowest BCUT2D eigenvalue weighted by Crippen LogP contribution is -2.42. The van der Waals surface area contributed by atoms with Crippen LogP contribution in [0.2, 0.25) is 0 Å². The van der Waals surface area contributed by atoms with Crippen molar-refractivity contribution >= 4 is 11.4 Å². The van der Waals surface area contributed by atoms with Gasteiger partial charge in [0.25, 0.3) is 0 Å². The van der Waals surface area contributed by atoms with Gasteiger partial charge < -0.3 is 20.3 Å². The average molecular weight is 249 g/mol. The molecule has 1 heterocycles. The largest absolute Gasteiger partial charge is 0.497 e. The van der Waals surface area contributed by atoms with Crippen molar-refractivity contribution in [2.24, 2.45) is 0 Å². The molecule has 0 unspecified atom stereocenters. The topological polar surface area (TPSA) is 41.7 Å². The smallest absolute Gasteiger partial charge is 0.121 e. The molecule has 0 aliphatic carbocycles. The second-order valence-corrected chi connectivity index (χ2v) is 5.11. The Morgan fingerprint density at radius 3 is 2.50 bits per heavy atom. The number of benzene rings is 1. The molecule has 0 aromatic heterocycles. The van der Waals surface area contributed by atoms with Gasteiger partial charge in [0.05, 0.1) is 18.5 Å². The minimum atomic E-state index is 0.688. The number of anilines is 2. The van der Waals surface area contributed by atoms with E-state index in [-0.39, 0.29) is 0 Å². The van der Waals surface area contributed by atoms with Crippen LogP contribution in [0, 0.1) is 0 Å². The lowest BCUT2D eigenvalue weighted by Gasteiger charge is -2.37. The Labute approximate surface area is 109 Å². The van der Waals surface area contributed by atoms with Crippen LogP contribution >= 0.6 is 0 Å². The molecule has 2 rings (SSSR count). The van der Waals surface area contributed by atoms with Gasteiger partial charge >= 0.3 is 0 Å². The summed E-state index contributed by atoms with van der Waals surface area (Å²) < 4.78 is 5.27. The van der Waals surface area contributed by atoms with Gasteiger partial charge in [-0.25, -0.2) is 0 Å². The van der Waals surface area contributed by atoms with Crippen LogP contribution in [0.5, 0.6) is 5.75 Å². The summed E-state index contributed by atoms with van der Waals surface area (Å²) in [5.41, 5.74) is 8.00. The first kappa shape index (κ1) is 13.0. The van der Waals surface area contributed by atoms with E-state index < -0.39 is 0 Å². The first-order chi connectivity index (χ1) is 8.61. The van der Waals surface area contributed by atoms with Crippen LogP contribution in [0.3, 0.4) is 0 Å². The van der Waals surface area contributed by atoms with E-state index in [2.05, 4.69) is 23.9 Å². The third-order valence-electron chi connectivity index (χ3n) is 3.77. The molecule has 1 fully saturated rings. The van der Waals surface area contributed by atoms with Crippen molar-refractivity contribution in [1.29, 1.82) is 0 Å². The number of methoxy groups -OCH3 is 1. The number of hydrogen-bond acceptors (Lipinski definition) is 4. The second-order valence-electron chi connectivity index (χ2n) is 5.11. The summed E-state index contributed by atoms with van der Waals surface area (Å²) in [6.45, 7) is 2.11. The molecule has 0 spiro atoms. The highest BCUT2D eigenvalue weighted by atomic mass is 16.5. The van der Waals surface area contributed by atoms with Gasteiger partial charge in [0, 0.05) is 25.2 Å². The summed E-state index contributed by atoms with van der Waals surface area (Å²) in [5.74, 6) is 0.869. The van der Waals surface area contributed by atoms with Crippen molar-refractivity contribution in [2.75, 3.05) is 44.9 Å². The zero-order chi connectivity index (χ0) is 13.1. The number of piperidine rings is 1. The van der Waals surface area contributed by atoms with Crippen LogP contribution in [-0.4, -0.2) is 45.2 Å². The molecular formula is C14H23N3O. The van der Waals surface area contributed by atoms with Crippen LogP contribution in [0.1, 0.15) is 12.8 Å². The molecule has 2 N–H and O–H groups in total. The molecule has 100 valence electrons. The maximum Gasteiger partial charge on any atom is 0.121 e. The van der Waals surface area contributed by atoms with Crippen LogP contribution in [0.4, 0.5) is 11.4 Å². The molecule has 1 aromatic carbocycles. The number of nitrogens with zero attached hydrogens (tertiary/aromatic N) is 2. The van der Waals surface area contributed by atoms with E-state index in [1.807, 2.05) is 18.2 Å². The summed E-state index contributed by atoms with van der Waals surface area (Å²) in [6, 6.07) is 6.55. The predicted octanol–water partition coefficient (Wildman–Crippen LogP) is 1.81. The van der Waals surface area contributed by atoms with Gasteiger partial charge in [-0.05, 0) is 39.1 Å². The molecule has 0 atom stereocenters. The molecular weight excluding hydrogens is 226 g/mol. The van der Waals surface area contributed by atoms with E-state index in [4.69, 9.17) is 10.5 Å². The normalized spacial score (nSPS) is 17.2. The molecule has 1 aliphatic heterocycles. The maximum absolute atomic E-state index is 6.06. The molecule has 0 radical (unpaired) electrons. The fourth-order valence-corrected chi connectivity index (χ4v) is 2.55. The van der Waals surface area contributed by atoms with Crippen LogP contribution < -0.4 is 15.4 Å². The minimum absolute atomic E-state index is 0.688. The summed E-state index contributed by atoms with van der Waals surface area (Å²) in [5, 5.41) is 0. The quantitative estimate of drug-likeness (QED) is 0.830. The summed E-state index contributed by atoms with van der Waals surface area (Å²) in [6.07, 6.45) is 2.37. The van der Waals surface area contributed by atoms with Gasteiger partial charge in [-0.3, -0.25) is 0 Å². The Kier molecular flexibility index (Phi) is 3.97. The Hall–Kier alpha value is -1.42. The second kappa shape index (κ2) is 5.48. The number of rotatable bonds is 3. The van der Waals surface area contributed by atoms with Crippen LogP contribution in [0.25, 0.3) is 0 Å². The first-order valence-electron chi connectivity index (χ1n) is 6.46. The van der Waals surface area contributed by atoms with Crippen LogP contribution in [0.15, 0.2) is 18.2 Å². The minimum Gasteiger partial charge on any atom is -0.497 e. The zero-order valence-corrected chi connectivity index (χ0v) is 11.5. The van der Waals surface area contributed by atoms with E-state index in [1.54, 1.807) is 7.11 Å². The number of ether oxygens (including phenoxy) is 1. The molecule has 4 nitrogen and oxygen atoms in total. The van der Waals surface area contributed by atoms with Gasteiger partial charge in [-0.2, -0.15) is 0 Å². The lowest BCUT2D eigenvalue weighted by molar-refractivity contribution is 0.249. The summed E-state index contributed by atoms with van der Waals surface area (Å²) in [4.78, 5) is 4.67. The fourth-order valence-electron chi connectivity index (χ4n) is 2.55. The molecule has 1 aliphatic rings.